The number of ether oxygens (including phenoxy) is 2. The number of para-hydroxylation sites is 3. The van der Waals surface area contributed by atoms with Crippen molar-refractivity contribution >= 4 is 17.2 Å². The Morgan fingerprint density at radius 2 is 1.71 bits per heavy atom. The first-order chi connectivity index (χ1) is 13.8. The van der Waals surface area contributed by atoms with Crippen LogP contribution >= 0.6 is 11.5 Å². The van der Waals surface area contributed by atoms with E-state index in [1.54, 1.807) is 14.2 Å². The number of rotatable bonds is 5. The highest BCUT2D eigenvalue weighted by Gasteiger charge is 2.27. The fraction of sp³-hybridized carbons (Fsp3) is 0.182. The van der Waals surface area contributed by atoms with Crippen LogP contribution in [-0.4, -0.2) is 29.3 Å². The van der Waals surface area contributed by atoms with Gasteiger partial charge >= 0.3 is 0 Å². The van der Waals surface area contributed by atoms with E-state index < -0.39 is 0 Å². The van der Waals surface area contributed by atoms with Gasteiger partial charge in [0, 0.05) is 7.11 Å². The van der Waals surface area contributed by atoms with Gasteiger partial charge in [-0.3, -0.25) is 0 Å². The molecule has 5 nitrogen and oxygen atoms in total. The Bertz CT molecular complexity index is 1070. The standard InChI is InChI=1S/C22H21N3O2S/c1-26-19-14-8-6-12-17(19)21-24-22(23-16-10-4-3-5-11-16)28-25(21)18-13-7-9-15-20(18)27-2/h3-15,17,19H,1-2H3. The quantitative estimate of drug-likeness (QED) is 0.648. The number of benzene rings is 2. The van der Waals surface area contributed by atoms with Crippen LogP contribution in [0.25, 0.3) is 5.69 Å². The van der Waals surface area contributed by atoms with Gasteiger partial charge in [0.15, 0.2) is 0 Å². The third-order valence-electron chi connectivity index (χ3n) is 4.53. The molecule has 28 heavy (non-hydrogen) atoms. The predicted octanol–water partition coefficient (Wildman–Crippen LogP) is 4.40. The molecule has 2 aromatic carbocycles. The lowest BCUT2D eigenvalue weighted by atomic mass is 9.96. The molecule has 1 aromatic heterocycles. The minimum Gasteiger partial charge on any atom is -0.495 e. The molecule has 142 valence electrons. The lowest BCUT2D eigenvalue weighted by Crippen LogP contribution is -2.22. The Kier molecular flexibility index (Phi) is 5.50. The first kappa shape index (κ1) is 18.4. The largest absolute Gasteiger partial charge is 0.495 e. The van der Waals surface area contributed by atoms with Crippen molar-refractivity contribution in [1.82, 2.24) is 8.94 Å². The summed E-state index contributed by atoms with van der Waals surface area (Å²) < 4.78 is 13.4. The van der Waals surface area contributed by atoms with Crippen LogP contribution in [0.1, 0.15) is 11.7 Å². The first-order valence-electron chi connectivity index (χ1n) is 9.01. The monoisotopic (exact) mass is 391 g/mol. The van der Waals surface area contributed by atoms with E-state index >= 15 is 0 Å². The second-order valence-electron chi connectivity index (χ2n) is 6.25. The molecule has 1 aliphatic rings. The van der Waals surface area contributed by atoms with Crippen LogP contribution in [0, 0.1) is 0 Å². The Morgan fingerprint density at radius 3 is 2.50 bits per heavy atom. The molecule has 1 heterocycles. The second kappa shape index (κ2) is 8.37. The third-order valence-corrected chi connectivity index (χ3v) is 5.44. The van der Waals surface area contributed by atoms with Crippen LogP contribution in [0.2, 0.25) is 0 Å². The van der Waals surface area contributed by atoms with E-state index in [9.17, 15) is 0 Å². The molecule has 0 spiro atoms. The van der Waals surface area contributed by atoms with E-state index in [0.717, 1.165) is 22.9 Å². The van der Waals surface area contributed by atoms with Crippen molar-refractivity contribution in [1.29, 1.82) is 0 Å². The van der Waals surface area contributed by atoms with Crippen LogP contribution in [0.3, 0.4) is 0 Å². The topological polar surface area (TPSA) is 48.6 Å². The van der Waals surface area contributed by atoms with Crippen molar-refractivity contribution in [3.05, 3.63) is 89.5 Å². The molecule has 0 radical (unpaired) electrons. The third kappa shape index (κ3) is 3.69. The van der Waals surface area contributed by atoms with Crippen molar-refractivity contribution in [2.24, 2.45) is 4.99 Å². The van der Waals surface area contributed by atoms with Crippen molar-refractivity contribution in [3.63, 3.8) is 0 Å². The van der Waals surface area contributed by atoms with Crippen molar-refractivity contribution in [2.45, 2.75) is 12.0 Å². The van der Waals surface area contributed by atoms with Crippen LogP contribution in [0.4, 0.5) is 5.69 Å². The zero-order valence-corrected chi connectivity index (χ0v) is 16.5. The Balaban J connectivity index is 1.89. The summed E-state index contributed by atoms with van der Waals surface area (Å²) in [6.07, 6.45) is 8.10. The van der Waals surface area contributed by atoms with Gasteiger partial charge in [-0.05, 0) is 35.8 Å². The zero-order chi connectivity index (χ0) is 19.3. The van der Waals surface area contributed by atoms with Crippen LogP contribution in [-0.2, 0) is 4.74 Å². The van der Waals surface area contributed by atoms with Crippen molar-refractivity contribution in [3.8, 4) is 11.4 Å². The van der Waals surface area contributed by atoms with Gasteiger partial charge in [0.2, 0.25) is 4.80 Å². The molecular formula is C22H21N3O2S. The SMILES string of the molecule is COc1ccccc1-n1sc(=Nc2ccccc2)nc1C1C=CC=CC1OC. The molecule has 0 aliphatic heterocycles. The fourth-order valence-corrected chi connectivity index (χ4v) is 4.12. The lowest BCUT2D eigenvalue weighted by Gasteiger charge is -2.23. The minimum atomic E-state index is -0.0855. The van der Waals surface area contributed by atoms with E-state index in [1.807, 2.05) is 72.8 Å². The van der Waals surface area contributed by atoms with Gasteiger partial charge in [-0.2, -0.15) is 0 Å². The Labute approximate surface area is 168 Å². The molecule has 0 bridgehead atoms. The summed E-state index contributed by atoms with van der Waals surface area (Å²) in [7, 11) is 3.40. The van der Waals surface area contributed by atoms with Gasteiger partial charge in [0.25, 0.3) is 0 Å². The summed E-state index contributed by atoms with van der Waals surface area (Å²) in [5.41, 5.74) is 1.81. The maximum Gasteiger partial charge on any atom is 0.228 e. The van der Waals surface area contributed by atoms with Gasteiger partial charge in [-0.15, -0.1) is 0 Å². The van der Waals surface area contributed by atoms with Crippen LogP contribution < -0.4 is 9.54 Å². The number of nitrogens with zero attached hydrogens (tertiary/aromatic N) is 3. The second-order valence-corrected chi connectivity index (χ2v) is 7.17. The van der Waals surface area contributed by atoms with Crippen molar-refractivity contribution in [2.75, 3.05) is 14.2 Å². The molecule has 0 saturated heterocycles. The zero-order valence-electron chi connectivity index (χ0n) is 15.7. The predicted molar refractivity (Wildman–Crippen MR) is 111 cm³/mol. The van der Waals surface area contributed by atoms with Gasteiger partial charge in [0.05, 0.1) is 24.8 Å². The highest BCUT2D eigenvalue weighted by Crippen LogP contribution is 2.31. The summed E-state index contributed by atoms with van der Waals surface area (Å²) in [5, 5.41) is 0. The molecular weight excluding hydrogens is 370 g/mol. The maximum atomic E-state index is 5.68. The lowest BCUT2D eigenvalue weighted by molar-refractivity contribution is 0.126. The molecule has 3 aromatic rings. The van der Waals surface area contributed by atoms with E-state index in [0.29, 0.717) is 4.80 Å². The van der Waals surface area contributed by atoms with Crippen molar-refractivity contribution < 1.29 is 9.47 Å². The minimum absolute atomic E-state index is 0.0177. The molecule has 0 saturated carbocycles. The average molecular weight is 391 g/mol. The van der Waals surface area contributed by atoms with E-state index in [4.69, 9.17) is 19.5 Å². The maximum absolute atomic E-state index is 5.68. The highest BCUT2D eigenvalue weighted by molar-refractivity contribution is 7.04. The van der Waals surface area contributed by atoms with E-state index in [1.165, 1.54) is 11.5 Å². The summed E-state index contributed by atoms with van der Waals surface area (Å²) in [6.45, 7) is 0. The van der Waals surface area contributed by atoms with Crippen LogP contribution in [0.5, 0.6) is 5.75 Å². The molecule has 0 amide bonds. The Hall–Kier alpha value is -2.96. The van der Waals surface area contributed by atoms with Gasteiger partial charge in [-0.25, -0.2) is 13.9 Å². The normalized spacial score (nSPS) is 19.1. The molecule has 0 N–H and O–H groups in total. The van der Waals surface area contributed by atoms with E-state index in [-0.39, 0.29) is 12.0 Å². The molecule has 2 atom stereocenters. The molecule has 4 rings (SSSR count). The highest BCUT2D eigenvalue weighted by atomic mass is 32.1. The first-order valence-corrected chi connectivity index (χ1v) is 9.78. The molecule has 0 fully saturated rings. The van der Waals surface area contributed by atoms with Gasteiger partial charge in [0.1, 0.15) is 17.3 Å². The number of methoxy groups -OCH3 is 2. The van der Waals surface area contributed by atoms with E-state index in [2.05, 4.69) is 10.0 Å². The Morgan fingerprint density at radius 1 is 0.964 bits per heavy atom. The smallest absolute Gasteiger partial charge is 0.228 e. The van der Waals surface area contributed by atoms with Gasteiger partial charge in [-0.1, -0.05) is 54.6 Å². The summed E-state index contributed by atoms with van der Waals surface area (Å²) in [5.74, 6) is 1.64. The number of hydrogen-bond donors (Lipinski definition) is 0. The average Bonchev–Trinajstić information content (AvgIpc) is 3.17. The van der Waals surface area contributed by atoms with Gasteiger partial charge < -0.3 is 9.47 Å². The summed E-state index contributed by atoms with van der Waals surface area (Å²) in [6, 6.07) is 17.8. The van der Waals surface area contributed by atoms with Crippen LogP contribution in [0.15, 0.2) is 83.9 Å². The number of aromatic nitrogens is 2. The molecule has 1 aliphatic carbocycles. The summed E-state index contributed by atoms with van der Waals surface area (Å²) >= 11 is 1.49. The number of allylic oxidation sites excluding steroid dienone is 2. The fourth-order valence-electron chi connectivity index (χ4n) is 3.18. The number of hydrogen-bond acceptors (Lipinski definition) is 5. The molecule has 2 unspecified atom stereocenters. The molecule has 6 heteroatoms. The summed E-state index contributed by atoms with van der Waals surface area (Å²) in [4.78, 5) is 10.3.